The number of anilines is 1. The number of hydrogen-bond acceptors (Lipinski definition) is 6. The third-order valence-electron chi connectivity index (χ3n) is 3.17. The van der Waals surface area contributed by atoms with Crippen LogP contribution in [0.5, 0.6) is 0 Å². The van der Waals surface area contributed by atoms with Crippen LogP contribution >= 0.6 is 0 Å². The summed E-state index contributed by atoms with van der Waals surface area (Å²) in [5.41, 5.74) is 5.37. The third-order valence-corrected chi connectivity index (χ3v) is 3.17. The van der Waals surface area contributed by atoms with Gasteiger partial charge in [0.1, 0.15) is 5.69 Å². The van der Waals surface area contributed by atoms with E-state index in [2.05, 4.69) is 0 Å². The highest BCUT2D eigenvalue weighted by atomic mass is 16.6. The summed E-state index contributed by atoms with van der Waals surface area (Å²) in [6, 6.07) is 3.49. The van der Waals surface area contributed by atoms with Gasteiger partial charge < -0.3 is 20.5 Å². The number of amides is 1. The summed E-state index contributed by atoms with van der Waals surface area (Å²) in [6.07, 6.45) is 0. The standard InChI is InChI=1S/C12H15N3O5/c13-10-2-1-8(5-11(10)15(18)19)12(17)14-3-4-20-7-9(14)6-16/h1-2,5,9,16H,3-4,6-7,13H2. The second kappa shape index (κ2) is 5.85. The first-order chi connectivity index (χ1) is 9.54. The van der Waals surface area contributed by atoms with Crippen molar-refractivity contribution in [2.75, 3.05) is 32.1 Å². The molecule has 1 aliphatic rings. The maximum atomic E-state index is 12.4. The SMILES string of the molecule is Nc1ccc(C(=O)N2CCOCC2CO)cc1[N+](=O)[O-]. The van der Waals surface area contributed by atoms with E-state index in [0.717, 1.165) is 6.07 Å². The summed E-state index contributed by atoms with van der Waals surface area (Å²) >= 11 is 0. The fraction of sp³-hybridized carbons (Fsp3) is 0.417. The Morgan fingerprint density at radius 2 is 2.35 bits per heavy atom. The maximum Gasteiger partial charge on any atom is 0.292 e. The van der Waals surface area contributed by atoms with Gasteiger partial charge in [-0.1, -0.05) is 0 Å². The van der Waals surface area contributed by atoms with E-state index in [9.17, 15) is 20.0 Å². The third kappa shape index (κ3) is 2.70. The molecular weight excluding hydrogens is 266 g/mol. The van der Waals surface area contributed by atoms with Gasteiger partial charge in [-0.15, -0.1) is 0 Å². The molecular formula is C12H15N3O5. The fourth-order valence-corrected chi connectivity index (χ4v) is 2.07. The normalized spacial score (nSPS) is 18.9. The lowest BCUT2D eigenvalue weighted by Gasteiger charge is -2.34. The summed E-state index contributed by atoms with van der Waals surface area (Å²) in [5, 5.41) is 20.1. The first-order valence-electron chi connectivity index (χ1n) is 6.08. The molecule has 1 amide bonds. The number of nitrogens with zero attached hydrogens (tertiary/aromatic N) is 2. The van der Waals surface area contributed by atoms with Gasteiger partial charge in [-0.3, -0.25) is 14.9 Å². The fourth-order valence-electron chi connectivity index (χ4n) is 2.07. The van der Waals surface area contributed by atoms with Crippen molar-refractivity contribution in [3.05, 3.63) is 33.9 Å². The number of morpholine rings is 1. The number of benzene rings is 1. The number of nitro groups is 1. The minimum atomic E-state index is -0.630. The number of aliphatic hydroxyl groups excluding tert-OH is 1. The molecule has 1 aliphatic heterocycles. The van der Waals surface area contributed by atoms with Crippen molar-refractivity contribution < 1.29 is 19.6 Å². The van der Waals surface area contributed by atoms with Crippen LogP contribution in [0.3, 0.4) is 0 Å². The Morgan fingerprint density at radius 3 is 3.00 bits per heavy atom. The Hall–Kier alpha value is -2.19. The molecule has 2 rings (SSSR count). The average Bonchev–Trinajstić information content (AvgIpc) is 2.46. The minimum absolute atomic E-state index is 0.00670. The van der Waals surface area contributed by atoms with Crippen LogP contribution in [0.1, 0.15) is 10.4 Å². The summed E-state index contributed by atoms with van der Waals surface area (Å²) in [5.74, 6) is -0.379. The first-order valence-corrected chi connectivity index (χ1v) is 6.08. The highest BCUT2D eigenvalue weighted by molar-refractivity contribution is 5.96. The highest BCUT2D eigenvalue weighted by Gasteiger charge is 2.28. The van der Waals surface area contributed by atoms with Crippen molar-refractivity contribution in [1.82, 2.24) is 4.90 Å². The zero-order chi connectivity index (χ0) is 14.7. The molecule has 0 saturated carbocycles. The van der Waals surface area contributed by atoms with Crippen LogP contribution in [0.4, 0.5) is 11.4 Å². The largest absolute Gasteiger partial charge is 0.394 e. The van der Waals surface area contributed by atoms with Gasteiger partial charge in [-0.25, -0.2) is 0 Å². The molecule has 1 aromatic rings. The lowest BCUT2D eigenvalue weighted by Crippen LogP contribution is -2.50. The summed E-state index contributed by atoms with van der Waals surface area (Å²) in [7, 11) is 0. The first kappa shape index (κ1) is 14.2. The van der Waals surface area contributed by atoms with E-state index in [4.69, 9.17) is 10.5 Å². The van der Waals surface area contributed by atoms with Gasteiger partial charge in [0.2, 0.25) is 0 Å². The number of hydrogen-bond donors (Lipinski definition) is 2. The van der Waals surface area contributed by atoms with E-state index < -0.39 is 11.0 Å². The number of aliphatic hydroxyl groups is 1. The van der Waals surface area contributed by atoms with Gasteiger partial charge in [0, 0.05) is 18.2 Å². The topological polar surface area (TPSA) is 119 Å². The molecule has 0 spiro atoms. The second-order valence-electron chi connectivity index (χ2n) is 4.44. The highest BCUT2D eigenvalue weighted by Crippen LogP contribution is 2.23. The van der Waals surface area contributed by atoms with Crippen LogP contribution in [0.15, 0.2) is 18.2 Å². The quantitative estimate of drug-likeness (QED) is 0.457. The van der Waals surface area contributed by atoms with Crippen LogP contribution in [0.25, 0.3) is 0 Å². The van der Waals surface area contributed by atoms with Crippen molar-refractivity contribution in [3.8, 4) is 0 Å². The van der Waals surface area contributed by atoms with E-state index in [0.29, 0.717) is 13.2 Å². The molecule has 0 aromatic heterocycles. The molecule has 0 bridgehead atoms. The van der Waals surface area contributed by atoms with Gasteiger partial charge >= 0.3 is 0 Å². The van der Waals surface area contributed by atoms with E-state index in [-0.39, 0.29) is 36.1 Å². The molecule has 0 radical (unpaired) electrons. The number of nitrogen functional groups attached to an aromatic ring is 1. The molecule has 1 aromatic carbocycles. The summed E-state index contributed by atoms with van der Waals surface area (Å²) in [4.78, 5) is 24.0. The van der Waals surface area contributed by atoms with Crippen molar-refractivity contribution in [2.45, 2.75) is 6.04 Å². The Morgan fingerprint density at radius 1 is 1.60 bits per heavy atom. The molecule has 3 N–H and O–H groups in total. The minimum Gasteiger partial charge on any atom is -0.394 e. The van der Waals surface area contributed by atoms with Gasteiger partial charge in [0.15, 0.2) is 0 Å². The van der Waals surface area contributed by atoms with E-state index in [1.165, 1.54) is 17.0 Å². The second-order valence-corrected chi connectivity index (χ2v) is 4.44. The van der Waals surface area contributed by atoms with Crippen molar-refractivity contribution in [1.29, 1.82) is 0 Å². The summed E-state index contributed by atoms with van der Waals surface area (Å²) < 4.78 is 5.19. The zero-order valence-corrected chi connectivity index (χ0v) is 10.7. The van der Waals surface area contributed by atoms with Gasteiger partial charge in [-0.2, -0.15) is 0 Å². The molecule has 20 heavy (non-hydrogen) atoms. The number of carbonyl (C=O) groups excluding carboxylic acids is 1. The Labute approximate surface area is 114 Å². The maximum absolute atomic E-state index is 12.4. The van der Waals surface area contributed by atoms with Crippen LogP contribution in [-0.2, 0) is 4.74 Å². The molecule has 8 nitrogen and oxygen atoms in total. The summed E-state index contributed by atoms with van der Waals surface area (Å²) in [6.45, 7) is 0.740. The predicted molar refractivity (Wildman–Crippen MR) is 70.2 cm³/mol. The molecule has 0 aliphatic carbocycles. The molecule has 1 heterocycles. The van der Waals surface area contributed by atoms with Crippen molar-refractivity contribution in [3.63, 3.8) is 0 Å². The molecule has 1 unspecified atom stereocenters. The van der Waals surface area contributed by atoms with Gasteiger partial charge in [-0.05, 0) is 12.1 Å². The number of nitrogens with two attached hydrogens (primary N) is 1. The molecule has 1 fully saturated rings. The van der Waals surface area contributed by atoms with Crippen LogP contribution < -0.4 is 5.73 Å². The monoisotopic (exact) mass is 281 g/mol. The average molecular weight is 281 g/mol. The van der Waals surface area contributed by atoms with E-state index in [1.54, 1.807) is 0 Å². The van der Waals surface area contributed by atoms with E-state index in [1.807, 2.05) is 0 Å². The van der Waals surface area contributed by atoms with Crippen LogP contribution in [0, 0.1) is 10.1 Å². The Kier molecular flexibility index (Phi) is 4.16. The van der Waals surface area contributed by atoms with Crippen LogP contribution in [-0.4, -0.2) is 53.2 Å². The van der Waals surface area contributed by atoms with E-state index >= 15 is 0 Å². The number of nitro benzene ring substituents is 1. The number of rotatable bonds is 3. The molecule has 8 heteroatoms. The Balaban J connectivity index is 2.28. The smallest absolute Gasteiger partial charge is 0.292 e. The molecule has 108 valence electrons. The van der Waals surface area contributed by atoms with Crippen molar-refractivity contribution >= 4 is 17.3 Å². The molecule has 1 atom stereocenters. The van der Waals surface area contributed by atoms with Crippen molar-refractivity contribution in [2.24, 2.45) is 0 Å². The lowest BCUT2D eigenvalue weighted by molar-refractivity contribution is -0.383. The number of ether oxygens (including phenoxy) is 1. The predicted octanol–water partition coefficient (Wildman–Crippen LogP) is 0.0103. The zero-order valence-electron chi connectivity index (χ0n) is 10.7. The van der Waals surface area contributed by atoms with Crippen LogP contribution in [0.2, 0.25) is 0 Å². The van der Waals surface area contributed by atoms with Gasteiger partial charge in [0.05, 0.1) is 30.8 Å². The lowest BCUT2D eigenvalue weighted by atomic mass is 10.1. The number of carbonyl (C=O) groups is 1. The molecule has 1 saturated heterocycles. The Bertz CT molecular complexity index is 534. The van der Waals surface area contributed by atoms with Gasteiger partial charge in [0.25, 0.3) is 11.6 Å².